The van der Waals surface area contributed by atoms with Crippen molar-refractivity contribution in [3.05, 3.63) is 82.9 Å². The lowest BCUT2D eigenvalue weighted by Gasteiger charge is -2.22. The van der Waals surface area contributed by atoms with Crippen LogP contribution in [0.25, 0.3) is 11.6 Å². The number of carbonyl (C=O) groups is 1. The summed E-state index contributed by atoms with van der Waals surface area (Å²) in [6.45, 7) is 0. The first-order valence-corrected chi connectivity index (χ1v) is 8.42. The van der Waals surface area contributed by atoms with Crippen molar-refractivity contribution in [1.29, 1.82) is 0 Å². The normalized spacial score (nSPS) is 15.3. The van der Waals surface area contributed by atoms with Crippen molar-refractivity contribution in [3.8, 4) is 0 Å². The molecule has 2 aromatic carbocycles. The van der Waals surface area contributed by atoms with Crippen LogP contribution in [0.5, 0.6) is 0 Å². The maximum Gasteiger partial charge on any atom is 0.334 e. The van der Waals surface area contributed by atoms with E-state index >= 15 is 0 Å². The van der Waals surface area contributed by atoms with Crippen LogP contribution in [0.15, 0.2) is 71.8 Å². The maximum atomic E-state index is 12.3. The van der Waals surface area contributed by atoms with Crippen LogP contribution >= 0.6 is 0 Å². The lowest BCUT2D eigenvalue weighted by molar-refractivity contribution is -0.136. The van der Waals surface area contributed by atoms with Crippen molar-refractivity contribution >= 4 is 17.6 Å². The summed E-state index contributed by atoms with van der Waals surface area (Å²) in [5, 5.41) is 0. The van der Waals surface area contributed by atoms with Crippen LogP contribution in [0.4, 0.5) is 0 Å². The lowest BCUT2D eigenvalue weighted by Crippen LogP contribution is -2.12. The third-order valence-electron chi connectivity index (χ3n) is 4.42. The van der Waals surface area contributed by atoms with E-state index in [4.69, 9.17) is 4.74 Å². The van der Waals surface area contributed by atoms with Crippen molar-refractivity contribution < 1.29 is 9.53 Å². The molecule has 0 atom stereocenters. The summed E-state index contributed by atoms with van der Waals surface area (Å²) < 4.78 is 5.03. The summed E-state index contributed by atoms with van der Waals surface area (Å²) in [5.41, 5.74) is 5.36. The molecule has 0 unspecified atom stereocenters. The molecular weight excluding hydrogens is 296 g/mol. The zero-order chi connectivity index (χ0) is 16.8. The Labute approximate surface area is 143 Å². The van der Waals surface area contributed by atoms with Gasteiger partial charge < -0.3 is 4.74 Å². The van der Waals surface area contributed by atoms with Crippen LogP contribution in [0.2, 0.25) is 0 Å². The van der Waals surface area contributed by atoms with E-state index in [1.54, 1.807) is 0 Å². The molecule has 24 heavy (non-hydrogen) atoms. The van der Waals surface area contributed by atoms with Gasteiger partial charge >= 0.3 is 5.97 Å². The Kier molecular flexibility index (Phi) is 5.27. The molecule has 2 aromatic rings. The summed E-state index contributed by atoms with van der Waals surface area (Å²) in [7, 11) is 1.46. The molecule has 0 aromatic heterocycles. The Morgan fingerprint density at radius 2 is 1.46 bits per heavy atom. The molecule has 2 heteroatoms. The molecule has 0 heterocycles. The van der Waals surface area contributed by atoms with Gasteiger partial charge in [-0.1, -0.05) is 60.7 Å². The number of rotatable bonds is 4. The van der Waals surface area contributed by atoms with Crippen LogP contribution in [0.1, 0.15) is 36.8 Å². The Bertz CT molecular complexity index is 755. The minimum absolute atomic E-state index is 0.195. The molecule has 0 amide bonds. The first-order chi connectivity index (χ1) is 11.8. The van der Waals surface area contributed by atoms with Crippen molar-refractivity contribution in [3.63, 3.8) is 0 Å². The number of carbonyl (C=O) groups excluding carboxylic acids is 1. The molecule has 0 N–H and O–H groups in total. The third kappa shape index (κ3) is 3.65. The van der Waals surface area contributed by atoms with Gasteiger partial charge in [-0.05, 0) is 54.0 Å². The highest BCUT2D eigenvalue weighted by atomic mass is 16.5. The lowest BCUT2D eigenvalue weighted by atomic mass is 9.83. The second-order valence-electron chi connectivity index (χ2n) is 5.99. The van der Waals surface area contributed by atoms with Crippen molar-refractivity contribution in [2.45, 2.75) is 25.7 Å². The Balaban J connectivity index is 2.16. The van der Waals surface area contributed by atoms with Crippen LogP contribution in [-0.2, 0) is 9.53 Å². The molecule has 2 nitrogen and oxygen atoms in total. The van der Waals surface area contributed by atoms with Crippen LogP contribution in [0.3, 0.4) is 0 Å². The number of hydrogen-bond donors (Lipinski definition) is 0. The fourth-order valence-corrected chi connectivity index (χ4v) is 3.23. The molecule has 0 radical (unpaired) electrons. The fourth-order valence-electron chi connectivity index (χ4n) is 3.23. The van der Waals surface area contributed by atoms with Crippen LogP contribution in [-0.4, -0.2) is 13.1 Å². The molecule has 3 rings (SSSR count). The van der Waals surface area contributed by atoms with Crippen molar-refractivity contribution in [2.24, 2.45) is 0 Å². The van der Waals surface area contributed by atoms with Gasteiger partial charge in [-0.15, -0.1) is 0 Å². The van der Waals surface area contributed by atoms with Gasteiger partial charge in [0, 0.05) is 5.57 Å². The molecule has 1 aliphatic rings. The number of hydrogen-bond acceptors (Lipinski definition) is 2. The zero-order valence-corrected chi connectivity index (χ0v) is 14.0. The van der Waals surface area contributed by atoms with Gasteiger partial charge in [-0.25, -0.2) is 4.79 Å². The zero-order valence-electron chi connectivity index (χ0n) is 14.0. The number of methoxy groups -OCH3 is 1. The van der Waals surface area contributed by atoms with E-state index in [9.17, 15) is 4.79 Å². The first-order valence-electron chi connectivity index (χ1n) is 8.42. The van der Waals surface area contributed by atoms with Gasteiger partial charge in [0.2, 0.25) is 0 Å². The van der Waals surface area contributed by atoms with E-state index < -0.39 is 0 Å². The minimum Gasteiger partial charge on any atom is -0.466 e. The van der Waals surface area contributed by atoms with Gasteiger partial charge in [0.25, 0.3) is 0 Å². The predicted molar refractivity (Wildman–Crippen MR) is 98.3 cm³/mol. The topological polar surface area (TPSA) is 26.3 Å². The molecule has 1 aliphatic carbocycles. The van der Waals surface area contributed by atoms with Crippen LogP contribution in [0, 0.1) is 0 Å². The molecule has 122 valence electrons. The molecule has 0 fully saturated rings. The predicted octanol–water partition coefficient (Wildman–Crippen LogP) is 5.27. The van der Waals surface area contributed by atoms with Gasteiger partial charge in [-0.2, -0.15) is 0 Å². The minimum atomic E-state index is -0.195. The highest BCUT2D eigenvalue weighted by Gasteiger charge is 2.22. The largest absolute Gasteiger partial charge is 0.466 e. The second kappa shape index (κ2) is 7.78. The molecule has 0 saturated heterocycles. The average molecular weight is 318 g/mol. The Morgan fingerprint density at radius 1 is 0.875 bits per heavy atom. The van der Waals surface area contributed by atoms with E-state index in [2.05, 4.69) is 30.3 Å². The number of esters is 1. The maximum absolute atomic E-state index is 12.3. The highest BCUT2D eigenvalue weighted by molar-refractivity contribution is 5.99. The number of allylic oxidation sites excluding steroid dienone is 2. The molecule has 0 spiro atoms. The Hall–Kier alpha value is -2.61. The highest BCUT2D eigenvalue weighted by Crippen LogP contribution is 2.36. The molecular formula is C22H22O2. The third-order valence-corrected chi connectivity index (χ3v) is 4.42. The van der Waals surface area contributed by atoms with Crippen LogP contribution < -0.4 is 0 Å². The van der Waals surface area contributed by atoms with Gasteiger partial charge in [0.1, 0.15) is 0 Å². The van der Waals surface area contributed by atoms with E-state index in [1.807, 2.05) is 36.4 Å². The monoisotopic (exact) mass is 318 g/mol. The van der Waals surface area contributed by atoms with E-state index in [0.29, 0.717) is 0 Å². The number of benzene rings is 2. The average Bonchev–Trinajstić information content (AvgIpc) is 2.67. The molecule has 0 bridgehead atoms. The standard InChI is InChI=1S/C22H22O2/c1-24-22(23)20-15-9-8-14-19(20)21(18-12-6-3-7-13-18)16-17-10-4-2-5-11-17/h2-7,10-13,16H,8-9,14-15H2,1H3/b21-16+. The molecule has 0 aliphatic heterocycles. The van der Waals surface area contributed by atoms with E-state index in [0.717, 1.165) is 53.5 Å². The quantitative estimate of drug-likeness (QED) is 0.567. The second-order valence-corrected chi connectivity index (χ2v) is 5.99. The van der Waals surface area contributed by atoms with Gasteiger partial charge in [0.05, 0.1) is 7.11 Å². The SMILES string of the molecule is COC(=O)C1=C(/C(=C/c2ccccc2)c2ccccc2)CCCC1. The summed E-state index contributed by atoms with van der Waals surface area (Å²) in [6.07, 6.45) is 6.04. The van der Waals surface area contributed by atoms with Crippen molar-refractivity contribution in [2.75, 3.05) is 7.11 Å². The van der Waals surface area contributed by atoms with Gasteiger partial charge in [-0.3, -0.25) is 0 Å². The van der Waals surface area contributed by atoms with E-state index in [1.165, 1.54) is 7.11 Å². The van der Waals surface area contributed by atoms with Gasteiger partial charge in [0.15, 0.2) is 0 Å². The smallest absolute Gasteiger partial charge is 0.334 e. The Morgan fingerprint density at radius 3 is 2.08 bits per heavy atom. The summed E-state index contributed by atoms with van der Waals surface area (Å²) in [4.78, 5) is 12.3. The fraction of sp³-hybridized carbons (Fsp3) is 0.227. The summed E-state index contributed by atoms with van der Waals surface area (Å²) >= 11 is 0. The summed E-state index contributed by atoms with van der Waals surface area (Å²) in [5.74, 6) is -0.195. The summed E-state index contributed by atoms with van der Waals surface area (Å²) in [6, 6.07) is 20.5. The number of ether oxygens (including phenoxy) is 1. The van der Waals surface area contributed by atoms with E-state index in [-0.39, 0.29) is 5.97 Å². The van der Waals surface area contributed by atoms with Crippen molar-refractivity contribution in [1.82, 2.24) is 0 Å². The molecule has 0 saturated carbocycles. The first kappa shape index (κ1) is 16.3.